The van der Waals surface area contributed by atoms with Gasteiger partial charge < -0.3 is 11.1 Å². The van der Waals surface area contributed by atoms with Gasteiger partial charge in [-0.3, -0.25) is 4.79 Å². The molecule has 1 heterocycles. The first-order chi connectivity index (χ1) is 14.7. The van der Waals surface area contributed by atoms with Crippen LogP contribution >= 0.6 is 11.3 Å². The minimum Gasteiger partial charge on any atom is -0.340 e. The molecule has 3 aromatic carbocycles. The summed E-state index contributed by atoms with van der Waals surface area (Å²) in [5.41, 5.74) is 9.93. The number of nitrogens with zero attached hydrogens (tertiary/aromatic N) is 1. The quantitative estimate of drug-likeness (QED) is 0.453. The van der Waals surface area contributed by atoms with E-state index in [0.717, 1.165) is 21.7 Å². The van der Waals surface area contributed by atoms with E-state index in [0.29, 0.717) is 12.1 Å². The van der Waals surface area contributed by atoms with Crippen LogP contribution < -0.4 is 11.1 Å². The fourth-order valence-electron chi connectivity index (χ4n) is 3.37. The Labute approximate surface area is 180 Å². The molecule has 1 aromatic heterocycles. The van der Waals surface area contributed by atoms with E-state index < -0.39 is 0 Å². The van der Waals surface area contributed by atoms with Gasteiger partial charge in [-0.15, -0.1) is 11.3 Å². The summed E-state index contributed by atoms with van der Waals surface area (Å²) < 4.78 is 0. The number of amides is 1. The van der Waals surface area contributed by atoms with Gasteiger partial charge in [0.25, 0.3) is 5.91 Å². The van der Waals surface area contributed by atoms with Gasteiger partial charge in [0.15, 0.2) is 0 Å². The molecule has 150 valence electrons. The SMILES string of the molecule is NC(Cc1ccccc1)c1nc(C(=O)NC(c2ccccc2)c2ccccc2)cs1. The smallest absolute Gasteiger partial charge is 0.271 e. The summed E-state index contributed by atoms with van der Waals surface area (Å²) >= 11 is 1.43. The lowest BCUT2D eigenvalue weighted by molar-refractivity contribution is 0.0938. The van der Waals surface area contributed by atoms with Crippen molar-refractivity contribution in [2.24, 2.45) is 5.73 Å². The molecule has 0 saturated carbocycles. The minimum atomic E-state index is -0.247. The number of carbonyl (C=O) groups is 1. The zero-order chi connectivity index (χ0) is 20.8. The van der Waals surface area contributed by atoms with E-state index in [-0.39, 0.29) is 18.0 Å². The standard InChI is InChI=1S/C25H23N3OS/c26-21(16-18-10-4-1-5-11-18)25-27-22(17-30-25)24(29)28-23(19-12-6-2-7-13-19)20-14-8-3-9-15-20/h1-15,17,21,23H,16,26H2,(H,28,29). The first-order valence-corrected chi connectivity index (χ1v) is 10.7. The van der Waals surface area contributed by atoms with Gasteiger partial charge in [0.05, 0.1) is 12.1 Å². The molecule has 1 atom stereocenters. The highest BCUT2D eigenvalue weighted by molar-refractivity contribution is 7.09. The zero-order valence-corrected chi connectivity index (χ0v) is 17.3. The van der Waals surface area contributed by atoms with E-state index in [4.69, 9.17) is 5.73 Å². The second-order valence-electron chi connectivity index (χ2n) is 7.10. The second kappa shape index (κ2) is 9.48. The summed E-state index contributed by atoms with van der Waals surface area (Å²) in [6.07, 6.45) is 0.687. The first-order valence-electron chi connectivity index (χ1n) is 9.86. The first kappa shape index (κ1) is 20.0. The van der Waals surface area contributed by atoms with Crippen LogP contribution in [0.25, 0.3) is 0 Å². The van der Waals surface area contributed by atoms with Crippen molar-refractivity contribution in [2.75, 3.05) is 0 Å². The van der Waals surface area contributed by atoms with Gasteiger partial charge in [-0.1, -0.05) is 91.0 Å². The van der Waals surface area contributed by atoms with Crippen molar-refractivity contribution < 1.29 is 4.79 Å². The Bertz CT molecular complexity index is 1040. The predicted octanol–water partition coefficient (Wildman–Crippen LogP) is 4.91. The van der Waals surface area contributed by atoms with E-state index >= 15 is 0 Å². The summed E-state index contributed by atoms with van der Waals surface area (Å²) in [5, 5.41) is 5.68. The van der Waals surface area contributed by atoms with Crippen molar-refractivity contribution in [1.29, 1.82) is 0 Å². The number of aromatic nitrogens is 1. The number of nitrogens with one attached hydrogen (secondary N) is 1. The highest BCUT2D eigenvalue weighted by atomic mass is 32.1. The number of carbonyl (C=O) groups excluding carboxylic acids is 1. The largest absolute Gasteiger partial charge is 0.340 e. The molecule has 0 saturated heterocycles. The zero-order valence-electron chi connectivity index (χ0n) is 16.4. The van der Waals surface area contributed by atoms with Crippen LogP contribution in [0.1, 0.15) is 44.3 Å². The molecule has 3 N–H and O–H groups in total. The number of hydrogen-bond acceptors (Lipinski definition) is 4. The van der Waals surface area contributed by atoms with Crippen molar-refractivity contribution in [3.8, 4) is 0 Å². The van der Waals surface area contributed by atoms with Crippen molar-refractivity contribution in [3.63, 3.8) is 0 Å². The maximum absolute atomic E-state index is 13.0. The Morgan fingerprint density at radius 3 is 1.97 bits per heavy atom. The Morgan fingerprint density at radius 1 is 0.867 bits per heavy atom. The Morgan fingerprint density at radius 2 is 1.40 bits per heavy atom. The van der Waals surface area contributed by atoms with E-state index in [1.165, 1.54) is 11.3 Å². The molecule has 0 aliphatic heterocycles. The van der Waals surface area contributed by atoms with Crippen molar-refractivity contribution in [1.82, 2.24) is 10.3 Å². The third-order valence-electron chi connectivity index (χ3n) is 4.91. The third-order valence-corrected chi connectivity index (χ3v) is 5.89. The lowest BCUT2D eigenvalue weighted by atomic mass is 9.98. The highest BCUT2D eigenvalue weighted by Crippen LogP contribution is 2.24. The normalized spacial score (nSPS) is 11.9. The molecular formula is C25H23N3OS. The summed E-state index contributed by atoms with van der Waals surface area (Å²) in [7, 11) is 0. The number of thiazole rings is 1. The molecule has 4 nitrogen and oxygen atoms in total. The number of rotatable bonds is 7. The number of hydrogen-bond donors (Lipinski definition) is 2. The van der Waals surface area contributed by atoms with Crippen LogP contribution in [-0.4, -0.2) is 10.9 Å². The summed E-state index contributed by atoms with van der Waals surface area (Å²) in [6, 6.07) is 29.5. The van der Waals surface area contributed by atoms with Gasteiger partial charge >= 0.3 is 0 Å². The molecule has 0 bridgehead atoms. The van der Waals surface area contributed by atoms with Crippen LogP contribution in [0.2, 0.25) is 0 Å². The molecule has 0 spiro atoms. The molecule has 30 heavy (non-hydrogen) atoms. The van der Waals surface area contributed by atoms with E-state index in [9.17, 15) is 4.79 Å². The van der Waals surface area contributed by atoms with E-state index in [2.05, 4.69) is 10.3 Å². The Balaban J connectivity index is 1.51. The second-order valence-corrected chi connectivity index (χ2v) is 7.98. The van der Waals surface area contributed by atoms with E-state index in [1.807, 2.05) is 91.0 Å². The van der Waals surface area contributed by atoms with Gasteiger partial charge in [0, 0.05) is 5.38 Å². The van der Waals surface area contributed by atoms with Crippen LogP contribution in [0.4, 0.5) is 0 Å². The fourth-order valence-corrected chi connectivity index (χ4v) is 4.17. The molecule has 0 fully saturated rings. The fraction of sp³-hybridized carbons (Fsp3) is 0.120. The average molecular weight is 414 g/mol. The minimum absolute atomic E-state index is 0.206. The molecule has 4 rings (SSSR count). The van der Waals surface area contributed by atoms with Gasteiger partial charge in [-0.05, 0) is 23.1 Å². The van der Waals surface area contributed by atoms with Crippen LogP contribution in [-0.2, 0) is 6.42 Å². The lowest BCUT2D eigenvalue weighted by Crippen LogP contribution is -2.29. The molecule has 0 aliphatic carbocycles. The summed E-state index contributed by atoms with van der Waals surface area (Å²) in [4.78, 5) is 17.5. The van der Waals surface area contributed by atoms with Crippen LogP contribution in [0.3, 0.4) is 0 Å². The van der Waals surface area contributed by atoms with Gasteiger partial charge in [0.2, 0.25) is 0 Å². The molecule has 4 aromatic rings. The Hall–Kier alpha value is -3.28. The maximum atomic E-state index is 13.0. The van der Waals surface area contributed by atoms with Gasteiger partial charge in [-0.2, -0.15) is 0 Å². The molecule has 5 heteroatoms. The topological polar surface area (TPSA) is 68.0 Å². The van der Waals surface area contributed by atoms with Gasteiger partial charge in [-0.25, -0.2) is 4.98 Å². The van der Waals surface area contributed by atoms with Crippen LogP contribution in [0.5, 0.6) is 0 Å². The van der Waals surface area contributed by atoms with Crippen molar-refractivity contribution in [3.05, 3.63) is 124 Å². The predicted molar refractivity (Wildman–Crippen MR) is 121 cm³/mol. The van der Waals surface area contributed by atoms with Crippen molar-refractivity contribution in [2.45, 2.75) is 18.5 Å². The molecule has 1 amide bonds. The monoisotopic (exact) mass is 413 g/mol. The van der Waals surface area contributed by atoms with Gasteiger partial charge in [0.1, 0.15) is 10.7 Å². The van der Waals surface area contributed by atoms with Crippen LogP contribution in [0.15, 0.2) is 96.4 Å². The third kappa shape index (κ3) is 4.82. The van der Waals surface area contributed by atoms with Crippen molar-refractivity contribution >= 4 is 17.2 Å². The molecule has 0 radical (unpaired) electrons. The highest BCUT2D eigenvalue weighted by Gasteiger charge is 2.20. The summed E-state index contributed by atoms with van der Waals surface area (Å²) in [6.45, 7) is 0. The Kier molecular flexibility index (Phi) is 6.32. The molecule has 1 unspecified atom stereocenters. The van der Waals surface area contributed by atoms with E-state index in [1.54, 1.807) is 5.38 Å². The molecule has 0 aliphatic rings. The molecular weight excluding hydrogens is 390 g/mol. The summed E-state index contributed by atoms with van der Waals surface area (Å²) in [5.74, 6) is -0.206. The number of nitrogens with two attached hydrogens (primary N) is 1. The average Bonchev–Trinajstić information content (AvgIpc) is 3.30. The number of benzene rings is 3. The maximum Gasteiger partial charge on any atom is 0.271 e. The lowest BCUT2D eigenvalue weighted by Gasteiger charge is -2.19. The van der Waals surface area contributed by atoms with Crippen LogP contribution in [0, 0.1) is 0 Å².